The van der Waals surface area contributed by atoms with Gasteiger partial charge in [-0.3, -0.25) is 0 Å². The van der Waals surface area contributed by atoms with E-state index in [4.69, 9.17) is 11.6 Å². The van der Waals surface area contributed by atoms with Crippen molar-refractivity contribution in [2.45, 2.75) is 6.92 Å². The molecule has 0 N–H and O–H groups in total. The van der Waals surface area contributed by atoms with Crippen molar-refractivity contribution in [3.05, 3.63) is 29.0 Å². The van der Waals surface area contributed by atoms with E-state index in [1.54, 1.807) is 0 Å². The topological polar surface area (TPSA) is 25.8 Å². The van der Waals surface area contributed by atoms with Gasteiger partial charge in [-0.2, -0.15) is 0 Å². The zero-order chi connectivity index (χ0) is 10.1. The van der Waals surface area contributed by atoms with E-state index in [1.165, 1.54) is 30.0 Å². The van der Waals surface area contributed by atoms with Crippen LogP contribution in [0.3, 0.4) is 0 Å². The van der Waals surface area contributed by atoms with Gasteiger partial charge in [-0.05, 0) is 0 Å². The number of benzene rings is 1. The molecule has 0 radical (unpaired) electrons. The van der Waals surface area contributed by atoms with E-state index in [2.05, 4.69) is 9.97 Å². The van der Waals surface area contributed by atoms with Gasteiger partial charge in [0.25, 0.3) is 0 Å². The molecule has 0 fully saturated rings. The summed E-state index contributed by atoms with van der Waals surface area (Å²) in [4.78, 5) is 8.83. The summed E-state index contributed by atoms with van der Waals surface area (Å²) in [5.41, 5.74) is 1.01. The molecule has 0 amide bonds. The molecule has 2 aromatic rings. The van der Waals surface area contributed by atoms with Gasteiger partial charge in [0.15, 0.2) is 0 Å². The number of aryl methyl sites for hydroxylation is 1. The third-order valence-electron chi connectivity index (χ3n) is 1.93. The predicted octanol–water partition coefficient (Wildman–Crippen LogP) is 0.356. The van der Waals surface area contributed by atoms with Crippen LogP contribution in [-0.4, -0.2) is 75.4 Å². The third kappa shape index (κ3) is 3.41. The fraction of sp³-hybridized carbons (Fsp3) is 0.111. The molecule has 1 aromatic carbocycles. The summed E-state index contributed by atoms with van der Waals surface area (Å²) in [5, 5.41) is 1.88. The van der Waals surface area contributed by atoms with Crippen molar-refractivity contribution in [3.8, 4) is 0 Å². The first-order valence-electron chi connectivity index (χ1n) is 4.18. The Kier molecular flexibility index (Phi) is 6.10. The number of aromatic nitrogens is 2. The van der Waals surface area contributed by atoms with Crippen molar-refractivity contribution < 1.29 is 0 Å². The normalized spacial score (nSPS) is 10.1. The molecule has 15 heavy (non-hydrogen) atoms. The summed E-state index contributed by atoms with van der Waals surface area (Å²) in [5.74, 6) is 0.854. The molecule has 0 unspecified atom stereocenters. The Morgan fingerprint density at radius 1 is 1.33 bits per heavy atom. The number of nitrogens with zero attached hydrogens (tertiary/aromatic N) is 2. The fourth-order valence-corrected chi connectivity index (χ4v) is 4.40. The second-order valence-corrected chi connectivity index (χ2v) is 7.17. The standard InChI is InChI=1S/C9H7ClN2Se.2Na.H/c1-5-11-8-3-2-6(10)4-7(8)9(13)12-5;;;/h2-4H,1H3,(H,11,12,13);;;/q;;+1;/p-1. The monoisotopic (exact) mass is 304 g/mol. The van der Waals surface area contributed by atoms with Gasteiger partial charge in [0, 0.05) is 0 Å². The van der Waals surface area contributed by atoms with E-state index in [9.17, 15) is 0 Å². The van der Waals surface area contributed by atoms with Crippen LogP contribution in [0.15, 0.2) is 18.2 Å². The first-order valence-corrected chi connectivity index (χ1v) is 11.4. The summed E-state index contributed by atoms with van der Waals surface area (Å²) in [6, 6.07) is 5.80. The molecule has 0 saturated heterocycles. The molecule has 0 atom stereocenters. The van der Waals surface area contributed by atoms with Crippen molar-refractivity contribution in [2.75, 3.05) is 0 Å². The predicted molar refractivity (Wildman–Crippen MR) is 67.6 cm³/mol. The Labute approximate surface area is 136 Å². The van der Waals surface area contributed by atoms with Gasteiger partial charge in [0.05, 0.1) is 0 Å². The summed E-state index contributed by atoms with van der Waals surface area (Å²) in [6.07, 6.45) is 0. The number of halogens is 1. The average Bonchev–Trinajstić information content (AvgIpc) is 2.17. The molecule has 1 aromatic heterocycles. The first kappa shape index (κ1) is 14.4. The van der Waals surface area contributed by atoms with E-state index in [1.807, 2.05) is 25.1 Å². The first-order chi connectivity index (χ1) is 6.70. The molecule has 0 bridgehead atoms. The molecule has 0 aliphatic rings. The SMILES string of the molecule is Cc1nc([Se][Na])c2cc(Cl)ccc2n1.[NaH]. The van der Waals surface area contributed by atoms with Gasteiger partial charge in [-0.25, -0.2) is 0 Å². The van der Waals surface area contributed by atoms with Crippen molar-refractivity contribution in [3.63, 3.8) is 0 Å². The Morgan fingerprint density at radius 2 is 2.07 bits per heavy atom. The second-order valence-electron chi connectivity index (χ2n) is 2.94. The number of hydrogen-bond acceptors (Lipinski definition) is 2. The summed E-state index contributed by atoms with van der Waals surface area (Å²) < 4.78 is 1.19. The third-order valence-corrected chi connectivity index (χ3v) is 5.64. The molecule has 2 rings (SSSR count). The molecular formula is C9H7ClN2Na2Se. The van der Waals surface area contributed by atoms with E-state index < -0.39 is 0 Å². The van der Waals surface area contributed by atoms with Crippen LogP contribution in [0.1, 0.15) is 5.82 Å². The minimum atomic E-state index is 0. The zero-order valence-electron chi connectivity index (χ0n) is 7.91. The van der Waals surface area contributed by atoms with Crippen LogP contribution in [0.25, 0.3) is 10.9 Å². The average molecular weight is 304 g/mol. The van der Waals surface area contributed by atoms with Crippen LogP contribution in [0.5, 0.6) is 0 Å². The van der Waals surface area contributed by atoms with Crippen molar-refractivity contribution in [2.24, 2.45) is 0 Å². The van der Waals surface area contributed by atoms with Gasteiger partial charge in [-0.1, -0.05) is 0 Å². The molecule has 2 nitrogen and oxygen atoms in total. The van der Waals surface area contributed by atoms with Crippen LogP contribution >= 0.6 is 11.6 Å². The summed E-state index contributed by atoms with van der Waals surface area (Å²) in [6.45, 7) is 1.94. The maximum atomic E-state index is 5.95. The molecule has 0 spiro atoms. The molecule has 68 valence electrons. The minimum absolute atomic E-state index is 0. The second kappa shape index (κ2) is 6.34. The number of rotatable bonds is 1. The molecule has 0 aliphatic heterocycles. The number of fused-ring (bicyclic) bond motifs is 1. The molecular weight excluding hydrogens is 297 g/mol. The van der Waals surface area contributed by atoms with Gasteiger partial charge in [0.1, 0.15) is 0 Å². The van der Waals surface area contributed by atoms with Crippen LogP contribution in [0, 0.1) is 6.92 Å². The van der Waals surface area contributed by atoms with Gasteiger partial charge in [0.2, 0.25) is 0 Å². The van der Waals surface area contributed by atoms with Gasteiger partial charge in [-0.15, -0.1) is 0 Å². The van der Waals surface area contributed by atoms with E-state index in [0.29, 0.717) is 10.5 Å². The summed E-state index contributed by atoms with van der Waals surface area (Å²) >= 11 is 7.12. The molecule has 6 heteroatoms. The Bertz CT molecular complexity index is 493. The van der Waals surface area contributed by atoms with Crippen LogP contribution in [-0.2, 0) is 0 Å². The Morgan fingerprint density at radius 3 is 2.73 bits per heavy atom. The van der Waals surface area contributed by atoms with Gasteiger partial charge >= 0.3 is 138 Å². The number of hydrogen-bond donors (Lipinski definition) is 0. The quantitative estimate of drug-likeness (QED) is 0.711. The van der Waals surface area contributed by atoms with Crippen molar-refractivity contribution in [1.29, 1.82) is 0 Å². The van der Waals surface area contributed by atoms with E-state index >= 15 is 0 Å². The van der Waals surface area contributed by atoms with E-state index in [-0.39, 0.29) is 29.6 Å². The van der Waals surface area contributed by atoms with E-state index in [0.717, 1.165) is 21.7 Å². The Hall–Kier alpha value is 1.37. The van der Waals surface area contributed by atoms with Crippen LogP contribution < -0.4 is 4.59 Å². The van der Waals surface area contributed by atoms with Gasteiger partial charge < -0.3 is 0 Å². The molecule has 0 aliphatic carbocycles. The van der Waals surface area contributed by atoms with Crippen LogP contribution in [0.4, 0.5) is 0 Å². The van der Waals surface area contributed by atoms with Crippen molar-refractivity contribution in [1.82, 2.24) is 9.97 Å². The van der Waals surface area contributed by atoms with Crippen LogP contribution in [0.2, 0.25) is 5.02 Å². The van der Waals surface area contributed by atoms with Crippen molar-refractivity contribution >= 4 is 92.5 Å². The maximum absolute atomic E-state index is 5.95. The Balaban J connectivity index is 0.00000112. The zero-order valence-corrected chi connectivity index (χ0v) is 12.4. The summed E-state index contributed by atoms with van der Waals surface area (Å²) in [7, 11) is 0.511. The fourth-order valence-electron chi connectivity index (χ4n) is 1.34. The molecule has 1 heterocycles. The molecule has 0 saturated carbocycles.